The number of benzene rings is 2. The zero-order valence-corrected chi connectivity index (χ0v) is 13.2. The monoisotopic (exact) mass is 336 g/mol. The second-order valence-electron chi connectivity index (χ2n) is 4.91. The number of nitrogens with two attached hydrogens (primary N) is 1. The minimum absolute atomic E-state index is 0.206. The molecule has 106 valence electrons. The molecular formula is C16H18BrFN2. The summed E-state index contributed by atoms with van der Waals surface area (Å²) in [4.78, 5) is 1.90. The second-order valence-corrected chi connectivity index (χ2v) is 5.77. The molecule has 0 bridgehead atoms. The van der Waals surface area contributed by atoms with E-state index in [0.717, 1.165) is 15.6 Å². The van der Waals surface area contributed by atoms with Gasteiger partial charge in [-0.1, -0.05) is 46.3 Å². The maximum Gasteiger partial charge on any atom is 0.146 e. The van der Waals surface area contributed by atoms with Crippen LogP contribution in [-0.2, 0) is 6.54 Å². The number of halogens is 2. The minimum Gasteiger partial charge on any atom is -0.368 e. The minimum atomic E-state index is -0.241. The van der Waals surface area contributed by atoms with Gasteiger partial charge < -0.3 is 10.6 Å². The van der Waals surface area contributed by atoms with Crippen LogP contribution in [0, 0.1) is 5.82 Å². The van der Waals surface area contributed by atoms with E-state index in [1.165, 1.54) is 6.07 Å². The highest BCUT2D eigenvalue weighted by atomic mass is 79.9. The van der Waals surface area contributed by atoms with Crippen LogP contribution in [0.25, 0.3) is 0 Å². The van der Waals surface area contributed by atoms with Crippen LogP contribution < -0.4 is 10.6 Å². The Balaban J connectivity index is 2.34. The highest BCUT2D eigenvalue weighted by Crippen LogP contribution is 2.29. The first-order valence-electron chi connectivity index (χ1n) is 6.49. The maximum atomic E-state index is 14.2. The maximum absolute atomic E-state index is 14.2. The summed E-state index contributed by atoms with van der Waals surface area (Å²) in [6.45, 7) is 2.48. The van der Waals surface area contributed by atoms with Gasteiger partial charge in [-0.2, -0.15) is 0 Å². The van der Waals surface area contributed by atoms with Crippen LogP contribution >= 0.6 is 15.9 Å². The van der Waals surface area contributed by atoms with Gasteiger partial charge in [0.2, 0.25) is 0 Å². The summed E-state index contributed by atoms with van der Waals surface area (Å²) in [5.41, 5.74) is 8.43. The molecule has 0 aliphatic heterocycles. The molecule has 0 aliphatic carbocycles. The number of rotatable bonds is 4. The van der Waals surface area contributed by atoms with Gasteiger partial charge in [0, 0.05) is 24.1 Å². The zero-order valence-electron chi connectivity index (χ0n) is 11.6. The van der Waals surface area contributed by atoms with Crippen LogP contribution in [0.4, 0.5) is 10.1 Å². The third-order valence-electron chi connectivity index (χ3n) is 3.26. The molecule has 0 radical (unpaired) electrons. The van der Waals surface area contributed by atoms with Crippen molar-refractivity contribution in [3.63, 3.8) is 0 Å². The van der Waals surface area contributed by atoms with E-state index >= 15 is 0 Å². The smallest absolute Gasteiger partial charge is 0.146 e. The lowest BCUT2D eigenvalue weighted by Gasteiger charge is -2.25. The van der Waals surface area contributed by atoms with E-state index in [9.17, 15) is 4.39 Å². The van der Waals surface area contributed by atoms with Crippen molar-refractivity contribution >= 4 is 21.6 Å². The summed E-state index contributed by atoms with van der Waals surface area (Å²) in [7, 11) is 1.88. The summed E-state index contributed by atoms with van der Waals surface area (Å²) in [6.07, 6.45) is 0. The lowest BCUT2D eigenvalue weighted by Crippen LogP contribution is -2.21. The van der Waals surface area contributed by atoms with Crippen LogP contribution in [0.3, 0.4) is 0 Å². The van der Waals surface area contributed by atoms with Crippen molar-refractivity contribution in [3.05, 3.63) is 63.9 Å². The van der Waals surface area contributed by atoms with Gasteiger partial charge in [-0.3, -0.25) is 0 Å². The van der Waals surface area contributed by atoms with Crippen LogP contribution in [0.5, 0.6) is 0 Å². The summed E-state index contributed by atoms with van der Waals surface area (Å²) in [5.74, 6) is -0.241. The van der Waals surface area contributed by atoms with Gasteiger partial charge in [-0.05, 0) is 30.2 Å². The third kappa shape index (κ3) is 3.19. The van der Waals surface area contributed by atoms with Gasteiger partial charge in [0.1, 0.15) is 5.82 Å². The molecule has 0 spiro atoms. The van der Waals surface area contributed by atoms with Gasteiger partial charge in [-0.15, -0.1) is 0 Å². The Bertz CT molecular complexity index is 599. The summed E-state index contributed by atoms with van der Waals surface area (Å²) in [6, 6.07) is 12.8. The summed E-state index contributed by atoms with van der Waals surface area (Å²) < 4.78 is 15.2. The number of nitrogens with zero attached hydrogens (tertiary/aromatic N) is 1. The molecule has 1 atom stereocenters. The molecule has 0 aromatic heterocycles. The first-order chi connectivity index (χ1) is 9.50. The predicted molar refractivity (Wildman–Crippen MR) is 85.3 cm³/mol. The fraction of sp³-hybridized carbons (Fsp3) is 0.250. The van der Waals surface area contributed by atoms with Gasteiger partial charge in [0.25, 0.3) is 0 Å². The quantitative estimate of drug-likeness (QED) is 0.904. The highest BCUT2D eigenvalue weighted by molar-refractivity contribution is 9.10. The van der Waals surface area contributed by atoms with Crippen LogP contribution in [0.2, 0.25) is 0 Å². The lowest BCUT2D eigenvalue weighted by molar-refractivity contribution is 0.616. The van der Waals surface area contributed by atoms with Gasteiger partial charge in [0.05, 0.1) is 5.69 Å². The Morgan fingerprint density at radius 2 is 1.90 bits per heavy atom. The Hall–Kier alpha value is -1.39. The van der Waals surface area contributed by atoms with E-state index in [-0.39, 0.29) is 11.9 Å². The first-order valence-corrected chi connectivity index (χ1v) is 7.28. The van der Waals surface area contributed by atoms with E-state index < -0.39 is 0 Å². The Morgan fingerprint density at radius 3 is 2.55 bits per heavy atom. The van der Waals surface area contributed by atoms with Crippen LogP contribution in [0.15, 0.2) is 46.9 Å². The average Bonchev–Trinajstić information content (AvgIpc) is 2.40. The molecule has 4 heteroatoms. The lowest BCUT2D eigenvalue weighted by atomic mass is 10.0. The fourth-order valence-corrected chi connectivity index (χ4v) is 2.67. The molecule has 0 saturated carbocycles. The molecule has 0 unspecified atom stereocenters. The Labute approximate surface area is 127 Å². The normalized spacial score (nSPS) is 12.2. The molecule has 0 heterocycles. The molecule has 0 saturated heterocycles. The molecular weight excluding hydrogens is 319 g/mol. The van der Waals surface area contributed by atoms with E-state index in [4.69, 9.17) is 5.73 Å². The number of hydrogen-bond acceptors (Lipinski definition) is 2. The average molecular weight is 337 g/mol. The summed E-state index contributed by atoms with van der Waals surface area (Å²) in [5, 5.41) is 0. The van der Waals surface area contributed by atoms with Crippen molar-refractivity contribution in [3.8, 4) is 0 Å². The van der Waals surface area contributed by atoms with E-state index in [2.05, 4.69) is 15.9 Å². The third-order valence-corrected chi connectivity index (χ3v) is 4.03. The van der Waals surface area contributed by atoms with Crippen molar-refractivity contribution in [2.24, 2.45) is 5.73 Å². The van der Waals surface area contributed by atoms with Crippen LogP contribution in [-0.4, -0.2) is 7.05 Å². The molecule has 2 aromatic rings. The number of anilines is 1. The first kappa shape index (κ1) is 15.0. The number of para-hydroxylation sites is 1. The predicted octanol–water partition coefficient (Wildman–Crippen LogP) is 4.24. The van der Waals surface area contributed by atoms with Crippen molar-refractivity contribution in [1.29, 1.82) is 0 Å². The molecule has 0 amide bonds. The van der Waals surface area contributed by atoms with Gasteiger partial charge in [-0.25, -0.2) is 4.39 Å². The second kappa shape index (κ2) is 6.37. The highest BCUT2D eigenvalue weighted by Gasteiger charge is 2.16. The van der Waals surface area contributed by atoms with Gasteiger partial charge in [0.15, 0.2) is 0 Å². The molecule has 2 aromatic carbocycles. The fourth-order valence-electron chi connectivity index (χ4n) is 2.26. The SMILES string of the molecule is C[C@@H](N)c1cccc(F)c1N(C)Cc1ccccc1Br. The number of hydrogen-bond donors (Lipinski definition) is 1. The largest absolute Gasteiger partial charge is 0.368 e. The summed E-state index contributed by atoms with van der Waals surface area (Å²) >= 11 is 3.52. The van der Waals surface area contributed by atoms with Crippen LogP contribution in [0.1, 0.15) is 24.1 Å². The van der Waals surface area contributed by atoms with Gasteiger partial charge >= 0.3 is 0 Å². The van der Waals surface area contributed by atoms with E-state index in [1.807, 2.05) is 49.2 Å². The molecule has 20 heavy (non-hydrogen) atoms. The van der Waals surface area contributed by atoms with Crippen molar-refractivity contribution in [2.45, 2.75) is 19.5 Å². The Kier molecular flexibility index (Phi) is 4.78. The topological polar surface area (TPSA) is 29.3 Å². The molecule has 2 nitrogen and oxygen atoms in total. The zero-order chi connectivity index (χ0) is 14.7. The Morgan fingerprint density at radius 1 is 1.20 bits per heavy atom. The molecule has 2 rings (SSSR count). The van der Waals surface area contributed by atoms with E-state index in [1.54, 1.807) is 6.07 Å². The standard InChI is InChI=1S/C16H18BrFN2/c1-11(19)13-7-5-9-15(18)16(13)20(2)10-12-6-3-4-8-14(12)17/h3-9,11H,10,19H2,1-2H3/t11-/m1/s1. The van der Waals surface area contributed by atoms with Crippen molar-refractivity contribution < 1.29 is 4.39 Å². The molecule has 0 aliphatic rings. The van der Waals surface area contributed by atoms with Crippen molar-refractivity contribution in [2.75, 3.05) is 11.9 Å². The molecule has 0 fully saturated rings. The van der Waals surface area contributed by atoms with E-state index in [0.29, 0.717) is 12.2 Å². The van der Waals surface area contributed by atoms with Crippen molar-refractivity contribution in [1.82, 2.24) is 0 Å². The molecule has 2 N–H and O–H groups in total.